The van der Waals surface area contributed by atoms with Crippen LogP contribution in [0.5, 0.6) is 5.75 Å². The van der Waals surface area contributed by atoms with Crippen molar-refractivity contribution in [2.75, 3.05) is 13.2 Å². The average molecular weight is 236 g/mol. The molecule has 0 aromatic heterocycles. The van der Waals surface area contributed by atoms with E-state index in [0.29, 0.717) is 17.9 Å². The van der Waals surface area contributed by atoms with Crippen molar-refractivity contribution in [3.05, 3.63) is 29.8 Å². The van der Waals surface area contributed by atoms with Crippen molar-refractivity contribution in [3.8, 4) is 5.75 Å². The Labute approximate surface area is 100 Å². The minimum absolute atomic E-state index is 0.150. The molecule has 0 aliphatic carbocycles. The van der Waals surface area contributed by atoms with Gasteiger partial charge in [0.1, 0.15) is 5.75 Å². The molecule has 1 saturated heterocycles. The van der Waals surface area contributed by atoms with E-state index in [1.54, 1.807) is 31.2 Å². The predicted octanol–water partition coefficient (Wildman–Crippen LogP) is 2.38. The zero-order chi connectivity index (χ0) is 12.1. The Morgan fingerprint density at radius 2 is 2.18 bits per heavy atom. The molecule has 0 N–H and O–H groups in total. The number of hydrogen-bond donors (Lipinski definition) is 0. The van der Waals surface area contributed by atoms with Crippen molar-refractivity contribution in [2.45, 2.75) is 26.1 Å². The third-order valence-corrected chi connectivity index (χ3v) is 2.52. The molecule has 1 aromatic rings. The highest BCUT2D eigenvalue weighted by molar-refractivity contribution is 5.89. The molecule has 1 aliphatic rings. The number of esters is 1. The molecule has 0 saturated carbocycles. The summed E-state index contributed by atoms with van der Waals surface area (Å²) in [5.41, 5.74) is 0.534. The molecule has 0 spiro atoms. The lowest BCUT2D eigenvalue weighted by molar-refractivity contribution is -0.0390. The lowest BCUT2D eigenvalue weighted by Gasteiger charge is -2.12. The number of ether oxygens (including phenoxy) is 3. The predicted molar refractivity (Wildman–Crippen MR) is 62.0 cm³/mol. The van der Waals surface area contributed by atoms with Gasteiger partial charge in [-0.3, -0.25) is 0 Å². The Morgan fingerprint density at radius 3 is 2.76 bits per heavy atom. The first-order valence-electron chi connectivity index (χ1n) is 5.85. The van der Waals surface area contributed by atoms with Crippen molar-refractivity contribution < 1.29 is 19.0 Å². The summed E-state index contributed by atoms with van der Waals surface area (Å²) < 4.78 is 15.9. The van der Waals surface area contributed by atoms with E-state index < -0.39 is 0 Å². The number of hydrogen-bond acceptors (Lipinski definition) is 4. The lowest BCUT2D eigenvalue weighted by atomic mass is 10.2. The fourth-order valence-electron chi connectivity index (χ4n) is 1.68. The molecule has 1 atom stereocenters. The van der Waals surface area contributed by atoms with Gasteiger partial charge in [-0.2, -0.15) is 0 Å². The zero-order valence-electron chi connectivity index (χ0n) is 9.85. The summed E-state index contributed by atoms with van der Waals surface area (Å²) in [7, 11) is 0. The van der Waals surface area contributed by atoms with Gasteiger partial charge in [0.25, 0.3) is 0 Å². The van der Waals surface area contributed by atoms with Crippen LogP contribution in [-0.4, -0.2) is 25.5 Å². The van der Waals surface area contributed by atoms with Crippen LogP contribution in [0.3, 0.4) is 0 Å². The minimum Gasteiger partial charge on any atom is -0.465 e. The molecule has 4 heteroatoms. The summed E-state index contributed by atoms with van der Waals surface area (Å²) in [4.78, 5) is 11.4. The molecule has 0 amide bonds. The summed E-state index contributed by atoms with van der Waals surface area (Å²) in [5, 5.41) is 0. The smallest absolute Gasteiger partial charge is 0.338 e. The maximum absolute atomic E-state index is 11.4. The van der Waals surface area contributed by atoms with E-state index in [-0.39, 0.29) is 12.3 Å². The highest BCUT2D eigenvalue weighted by atomic mass is 16.7. The number of rotatable bonds is 4. The third-order valence-electron chi connectivity index (χ3n) is 2.52. The first-order valence-corrected chi connectivity index (χ1v) is 5.85. The molecule has 0 radical (unpaired) electrons. The SMILES string of the molecule is CCOC(=O)c1ccc(OC2CCCO2)cc1. The molecule has 0 bridgehead atoms. The molecule has 1 aliphatic heterocycles. The molecule has 1 fully saturated rings. The number of carbonyl (C=O) groups is 1. The standard InChI is InChI=1S/C13H16O4/c1-2-15-13(14)10-5-7-11(8-6-10)17-12-4-3-9-16-12/h5-8,12H,2-4,9H2,1H3. The molecule has 1 unspecified atom stereocenters. The molecular formula is C13H16O4. The van der Waals surface area contributed by atoms with Crippen LogP contribution in [0.1, 0.15) is 30.1 Å². The first kappa shape index (κ1) is 11.9. The minimum atomic E-state index is -0.309. The summed E-state index contributed by atoms with van der Waals surface area (Å²) in [5.74, 6) is 0.404. The summed E-state index contributed by atoms with van der Waals surface area (Å²) >= 11 is 0. The van der Waals surface area contributed by atoms with E-state index in [1.807, 2.05) is 0 Å². The Balaban J connectivity index is 1.94. The fraction of sp³-hybridized carbons (Fsp3) is 0.462. The third kappa shape index (κ3) is 3.20. The Hall–Kier alpha value is -1.55. The van der Waals surface area contributed by atoms with E-state index in [4.69, 9.17) is 14.2 Å². The first-order chi connectivity index (χ1) is 8.29. The molecule has 2 rings (SSSR count). The van der Waals surface area contributed by atoms with E-state index in [9.17, 15) is 4.79 Å². The lowest BCUT2D eigenvalue weighted by Crippen LogP contribution is -2.14. The van der Waals surface area contributed by atoms with Gasteiger partial charge in [-0.25, -0.2) is 4.79 Å². The second-order valence-electron chi connectivity index (χ2n) is 3.81. The van der Waals surface area contributed by atoms with Gasteiger partial charge in [-0.05, 0) is 37.6 Å². The van der Waals surface area contributed by atoms with E-state index in [2.05, 4.69) is 0 Å². The Bertz CT molecular complexity index is 366. The van der Waals surface area contributed by atoms with Crippen LogP contribution in [-0.2, 0) is 9.47 Å². The fourth-order valence-corrected chi connectivity index (χ4v) is 1.68. The van der Waals surface area contributed by atoms with Crippen LogP contribution in [0.15, 0.2) is 24.3 Å². The average Bonchev–Trinajstić information content (AvgIpc) is 2.83. The molecule has 1 aromatic carbocycles. The highest BCUT2D eigenvalue weighted by Crippen LogP contribution is 2.19. The number of carbonyl (C=O) groups excluding carboxylic acids is 1. The maximum Gasteiger partial charge on any atom is 0.338 e. The summed E-state index contributed by atoms with van der Waals surface area (Å²) in [6.45, 7) is 2.92. The van der Waals surface area contributed by atoms with Gasteiger partial charge in [0.05, 0.1) is 18.8 Å². The van der Waals surface area contributed by atoms with Gasteiger partial charge in [0.2, 0.25) is 0 Å². The normalized spacial score (nSPS) is 19.0. The largest absolute Gasteiger partial charge is 0.465 e. The molecule has 1 heterocycles. The van der Waals surface area contributed by atoms with Gasteiger partial charge in [-0.1, -0.05) is 0 Å². The molecule has 4 nitrogen and oxygen atoms in total. The van der Waals surface area contributed by atoms with Crippen molar-refractivity contribution in [1.29, 1.82) is 0 Å². The Kier molecular flexibility index (Phi) is 3.98. The van der Waals surface area contributed by atoms with Gasteiger partial charge in [0, 0.05) is 6.42 Å². The summed E-state index contributed by atoms with van der Waals surface area (Å²) in [6, 6.07) is 6.91. The second-order valence-corrected chi connectivity index (χ2v) is 3.81. The molecule has 92 valence electrons. The molecule has 17 heavy (non-hydrogen) atoms. The van der Waals surface area contributed by atoms with Crippen LogP contribution in [0.4, 0.5) is 0 Å². The van der Waals surface area contributed by atoms with Crippen molar-refractivity contribution in [2.24, 2.45) is 0 Å². The van der Waals surface area contributed by atoms with Crippen LogP contribution in [0.2, 0.25) is 0 Å². The van der Waals surface area contributed by atoms with Gasteiger partial charge in [0.15, 0.2) is 6.29 Å². The topological polar surface area (TPSA) is 44.8 Å². The monoisotopic (exact) mass is 236 g/mol. The molecular weight excluding hydrogens is 220 g/mol. The quantitative estimate of drug-likeness (QED) is 0.753. The van der Waals surface area contributed by atoms with Crippen molar-refractivity contribution in [3.63, 3.8) is 0 Å². The number of benzene rings is 1. The van der Waals surface area contributed by atoms with Crippen LogP contribution in [0.25, 0.3) is 0 Å². The van der Waals surface area contributed by atoms with Crippen LogP contribution >= 0.6 is 0 Å². The Morgan fingerprint density at radius 1 is 1.41 bits per heavy atom. The van der Waals surface area contributed by atoms with Crippen molar-refractivity contribution in [1.82, 2.24) is 0 Å². The zero-order valence-corrected chi connectivity index (χ0v) is 9.85. The van der Waals surface area contributed by atoms with Gasteiger partial charge >= 0.3 is 5.97 Å². The van der Waals surface area contributed by atoms with Crippen LogP contribution < -0.4 is 4.74 Å². The van der Waals surface area contributed by atoms with E-state index >= 15 is 0 Å². The second kappa shape index (κ2) is 5.68. The maximum atomic E-state index is 11.4. The highest BCUT2D eigenvalue weighted by Gasteiger charge is 2.17. The van der Waals surface area contributed by atoms with Crippen LogP contribution in [0, 0.1) is 0 Å². The van der Waals surface area contributed by atoms with Crippen molar-refractivity contribution >= 4 is 5.97 Å². The van der Waals surface area contributed by atoms with E-state index in [1.165, 1.54) is 0 Å². The van der Waals surface area contributed by atoms with E-state index in [0.717, 1.165) is 19.4 Å². The van der Waals surface area contributed by atoms with Gasteiger partial charge < -0.3 is 14.2 Å². The summed E-state index contributed by atoms with van der Waals surface area (Å²) in [6.07, 6.45) is 1.80. The van der Waals surface area contributed by atoms with Gasteiger partial charge in [-0.15, -0.1) is 0 Å².